The Hall–Kier alpha value is -2.59. The van der Waals surface area contributed by atoms with E-state index in [0.717, 1.165) is 13.8 Å². The summed E-state index contributed by atoms with van der Waals surface area (Å²) in [6.07, 6.45) is -47.6. The quantitative estimate of drug-likeness (QED) is 0.0606. The molecule has 0 aromatic heterocycles. The molecule has 31 heteroatoms. The molecule has 0 aromatic carbocycles. The maximum absolute atomic E-state index is 13.0. The van der Waals surface area contributed by atoms with Crippen LogP contribution in [0, 0.1) is 0 Å². The van der Waals surface area contributed by atoms with Crippen molar-refractivity contribution in [2.24, 2.45) is 0 Å². The van der Waals surface area contributed by atoms with Gasteiger partial charge >= 0.3 is 5.97 Å². The molecule has 31 nitrogen and oxygen atoms in total. The molecule has 1 unspecified atom stereocenters. The highest BCUT2D eigenvalue weighted by Crippen LogP contribution is 2.39. The van der Waals surface area contributed by atoms with Gasteiger partial charge in [-0.15, -0.1) is 0 Å². The zero-order chi connectivity index (χ0) is 50.7. The van der Waals surface area contributed by atoms with E-state index >= 15 is 0 Å². The average molecular weight is 999 g/mol. The number of carboxylic acids is 1. The molecule has 394 valence electrons. The topological polar surface area (TPSA) is 502 Å². The van der Waals surface area contributed by atoms with Crippen molar-refractivity contribution in [1.82, 2.24) is 10.6 Å². The Morgan fingerprint density at radius 2 is 1.03 bits per heavy atom. The molecule has 0 aliphatic carbocycles. The summed E-state index contributed by atoms with van der Waals surface area (Å²) in [7, 11) is 0. The monoisotopic (exact) mass is 998 g/mol. The average Bonchev–Trinajstić information content (AvgIpc) is 3.29. The van der Waals surface area contributed by atoms with Gasteiger partial charge in [0.05, 0.1) is 45.2 Å². The van der Waals surface area contributed by atoms with Gasteiger partial charge < -0.3 is 140 Å². The Balaban J connectivity index is 1.45. The minimum Gasteiger partial charge on any atom is -0.477 e. The van der Waals surface area contributed by atoms with E-state index in [1.54, 1.807) is 0 Å². The SMILES string of the molecule is CC(=O)N[C@H]1[C@H](O[C@H]2[C@@H](O)[C@@H](CO)O[C@@H](O[C@@H]3[C@@H](O)[C@@H](O)C(O)O[C@@H]3CO)[C@@H]2O)O[C@H](CO)[C@@H](O)[C@@H]1O[C@@H]1O[C@H](CO)[C@H](O)[C@H](O[C@]2(C(=O)O)C[C@H](O)[C@@H](NC(C)=O)[C@H]([C@H](O)[C@H](O)CO)O2)[C@H]1O. The first-order chi connectivity index (χ1) is 32.0. The van der Waals surface area contributed by atoms with E-state index in [-0.39, 0.29) is 0 Å². The van der Waals surface area contributed by atoms with Gasteiger partial charge in [-0.25, -0.2) is 4.79 Å². The maximum atomic E-state index is 13.0. The van der Waals surface area contributed by atoms with Gasteiger partial charge in [0.15, 0.2) is 25.2 Å². The first-order valence-corrected chi connectivity index (χ1v) is 21.2. The number of aliphatic hydroxyl groups excluding tert-OH is 16. The predicted molar refractivity (Wildman–Crippen MR) is 207 cm³/mol. The molecule has 5 aliphatic rings. The Kier molecular flexibility index (Phi) is 19.7. The third kappa shape index (κ3) is 11.8. The highest BCUT2D eigenvalue weighted by atomic mass is 16.8. The second kappa shape index (κ2) is 23.8. The fourth-order valence-electron chi connectivity index (χ4n) is 8.53. The third-order valence-corrected chi connectivity index (χ3v) is 12.1. The smallest absolute Gasteiger partial charge is 0.364 e. The molecule has 5 heterocycles. The fraction of sp³-hybridized carbons (Fsp3) is 0.919. The van der Waals surface area contributed by atoms with Gasteiger partial charge in [0.25, 0.3) is 5.79 Å². The van der Waals surface area contributed by atoms with Crippen LogP contribution in [-0.4, -0.2) is 297 Å². The number of hydrogen-bond acceptors (Lipinski definition) is 28. The van der Waals surface area contributed by atoms with Crippen molar-refractivity contribution in [2.45, 2.75) is 179 Å². The van der Waals surface area contributed by atoms with Crippen molar-refractivity contribution < 1.29 is 144 Å². The van der Waals surface area contributed by atoms with Crippen LogP contribution in [0.1, 0.15) is 20.3 Å². The lowest BCUT2D eigenvalue weighted by Gasteiger charge is -2.51. The standard InChI is InChI=1S/C37H62N2O29/c1-9(45)38-17-11(47)3-37(36(58)59,67-29(17)19(49)12(48)4-40)68-31-22(52)15(7-43)63-35(26(31)56)65-28-18(39-10(2)46)33(61-13(5-41)20(28)50)66-30-21(51)14(6-42)62-34(25(30)55)64-27-16(8-44)60-32(57)24(54)23(27)53/h11-35,40-44,47-57H,3-8H2,1-2H3,(H,38,45)(H,39,46)(H,58,59)/t11-,12+,13+,14+,15+,16+,17+,18+,19+,20+,21-,22-,23-,24+,25+,26+,27-,28+,29+,30-,31-,32?,33-,34-,35-,37-/m0/s1. The Labute approximate surface area is 384 Å². The lowest BCUT2D eigenvalue weighted by atomic mass is 9.88. The van der Waals surface area contributed by atoms with Crippen molar-refractivity contribution in [3.05, 3.63) is 0 Å². The molecule has 0 spiro atoms. The summed E-state index contributed by atoms with van der Waals surface area (Å²) < 4.78 is 50.7. The summed E-state index contributed by atoms with van der Waals surface area (Å²) in [5, 5.41) is 185. The summed E-state index contributed by atoms with van der Waals surface area (Å²) in [5.41, 5.74) is 0. The number of amides is 2. The van der Waals surface area contributed by atoms with Gasteiger partial charge in [-0.1, -0.05) is 0 Å². The first kappa shape index (κ1) is 56.3. The fourth-order valence-corrected chi connectivity index (χ4v) is 8.53. The van der Waals surface area contributed by atoms with Crippen LogP contribution in [0.3, 0.4) is 0 Å². The molecule has 5 fully saturated rings. The lowest BCUT2D eigenvalue weighted by Crippen LogP contribution is -2.71. The van der Waals surface area contributed by atoms with Crippen LogP contribution < -0.4 is 10.6 Å². The minimum absolute atomic E-state index is 0.818. The van der Waals surface area contributed by atoms with E-state index in [1.807, 2.05) is 0 Å². The molecule has 0 radical (unpaired) electrons. The molecule has 5 saturated heterocycles. The number of aliphatic carboxylic acids is 1. The van der Waals surface area contributed by atoms with Crippen LogP contribution in [0.4, 0.5) is 0 Å². The number of rotatable bonds is 18. The highest BCUT2D eigenvalue weighted by molar-refractivity contribution is 5.76. The molecular formula is C37H62N2O29. The predicted octanol–water partition coefficient (Wildman–Crippen LogP) is -12.4. The number of carbonyl (C=O) groups excluding carboxylic acids is 2. The van der Waals surface area contributed by atoms with Gasteiger partial charge in [0.1, 0.15) is 116 Å². The molecule has 5 rings (SSSR count). The summed E-state index contributed by atoms with van der Waals surface area (Å²) in [6, 6.07) is -3.51. The van der Waals surface area contributed by atoms with Gasteiger partial charge in [-0.05, 0) is 0 Å². The van der Waals surface area contributed by atoms with Crippen molar-refractivity contribution in [1.29, 1.82) is 0 Å². The molecule has 0 aromatic rings. The van der Waals surface area contributed by atoms with E-state index in [1.165, 1.54) is 0 Å². The molecule has 68 heavy (non-hydrogen) atoms. The normalized spacial score (nSPS) is 46.6. The number of ether oxygens (including phenoxy) is 9. The van der Waals surface area contributed by atoms with Crippen molar-refractivity contribution >= 4 is 17.8 Å². The van der Waals surface area contributed by atoms with Crippen LogP contribution in [0.25, 0.3) is 0 Å². The molecule has 0 saturated carbocycles. The second-order valence-electron chi connectivity index (χ2n) is 16.8. The summed E-state index contributed by atoms with van der Waals surface area (Å²) >= 11 is 0. The first-order valence-electron chi connectivity index (χ1n) is 21.2. The molecule has 0 bridgehead atoms. The van der Waals surface area contributed by atoms with E-state index in [0.29, 0.717) is 0 Å². The maximum Gasteiger partial charge on any atom is 0.364 e. The van der Waals surface area contributed by atoms with Crippen LogP contribution in [-0.2, 0) is 57.0 Å². The van der Waals surface area contributed by atoms with Crippen molar-refractivity contribution in [2.75, 3.05) is 33.0 Å². The van der Waals surface area contributed by atoms with Gasteiger partial charge in [-0.2, -0.15) is 0 Å². The third-order valence-electron chi connectivity index (χ3n) is 12.1. The highest BCUT2D eigenvalue weighted by Gasteiger charge is 2.61. The zero-order valence-corrected chi connectivity index (χ0v) is 36.2. The van der Waals surface area contributed by atoms with Crippen LogP contribution in [0.5, 0.6) is 0 Å². The largest absolute Gasteiger partial charge is 0.477 e. The van der Waals surface area contributed by atoms with Crippen LogP contribution in [0.2, 0.25) is 0 Å². The number of carbonyl (C=O) groups is 3. The number of hydrogen-bond donors (Lipinski definition) is 19. The molecule has 19 N–H and O–H groups in total. The minimum atomic E-state index is -3.19. The van der Waals surface area contributed by atoms with Crippen LogP contribution in [0.15, 0.2) is 0 Å². The Morgan fingerprint density at radius 1 is 0.574 bits per heavy atom. The molecular weight excluding hydrogens is 936 g/mol. The number of nitrogens with one attached hydrogen (secondary N) is 2. The van der Waals surface area contributed by atoms with Gasteiger partial charge in [-0.3, -0.25) is 9.59 Å². The van der Waals surface area contributed by atoms with Crippen molar-refractivity contribution in [3.63, 3.8) is 0 Å². The number of aliphatic hydroxyl groups is 16. The van der Waals surface area contributed by atoms with E-state index in [9.17, 15) is 101 Å². The van der Waals surface area contributed by atoms with Crippen LogP contribution >= 0.6 is 0 Å². The lowest BCUT2D eigenvalue weighted by molar-refractivity contribution is -0.389. The molecule has 2 amide bonds. The Bertz CT molecular complexity index is 1660. The summed E-state index contributed by atoms with van der Waals surface area (Å²) in [4.78, 5) is 37.7. The number of carboxylic acid groups (broad SMARTS) is 1. The second-order valence-corrected chi connectivity index (χ2v) is 16.8. The van der Waals surface area contributed by atoms with Gasteiger partial charge in [0.2, 0.25) is 11.8 Å². The summed E-state index contributed by atoms with van der Waals surface area (Å²) in [6.45, 7) is -3.28. The Morgan fingerprint density at radius 3 is 1.53 bits per heavy atom. The van der Waals surface area contributed by atoms with Crippen molar-refractivity contribution in [3.8, 4) is 0 Å². The van der Waals surface area contributed by atoms with E-state index < -0.39 is 216 Å². The molecule has 26 atom stereocenters. The molecule has 5 aliphatic heterocycles. The van der Waals surface area contributed by atoms with E-state index in [4.69, 9.17) is 42.6 Å². The summed E-state index contributed by atoms with van der Waals surface area (Å²) in [5.74, 6) is -6.99. The van der Waals surface area contributed by atoms with E-state index in [2.05, 4.69) is 10.6 Å². The zero-order valence-electron chi connectivity index (χ0n) is 36.2. The van der Waals surface area contributed by atoms with Gasteiger partial charge in [0, 0.05) is 20.3 Å².